The molecule has 0 aliphatic heterocycles. The fourth-order valence-corrected chi connectivity index (χ4v) is 2.07. The first-order valence-corrected chi connectivity index (χ1v) is 7.78. The number of nitrogens with zero attached hydrogens (tertiary/aromatic N) is 2. The fraction of sp³-hybridized carbons (Fsp3) is 0.867. The van der Waals surface area contributed by atoms with Gasteiger partial charge in [0.2, 0.25) is 0 Å². The van der Waals surface area contributed by atoms with Crippen molar-refractivity contribution in [3.05, 3.63) is 0 Å². The van der Waals surface area contributed by atoms with Gasteiger partial charge in [0.25, 0.3) is 0 Å². The number of carboxylic acids is 1. The summed E-state index contributed by atoms with van der Waals surface area (Å²) in [6, 6.07) is 0. The number of carbonyl (C=O) groups is 1. The molecule has 0 radical (unpaired) electrons. The predicted molar refractivity (Wildman–Crippen MR) is 81.4 cm³/mol. The van der Waals surface area contributed by atoms with Gasteiger partial charge >= 0.3 is 24.8 Å². The minimum absolute atomic E-state index is 0. The van der Waals surface area contributed by atoms with Crippen LogP contribution in [0, 0.1) is 0 Å². The summed E-state index contributed by atoms with van der Waals surface area (Å²) in [6.07, 6.45) is 5.34. The summed E-state index contributed by atoms with van der Waals surface area (Å²) in [6.45, 7) is 4.54. The van der Waals surface area contributed by atoms with Gasteiger partial charge in [0.1, 0.15) is 0 Å². The summed E-state index contributed by atoms with van der Waals surface area (Å²) < 4.78 is 0. The molecule has 0 spiro atoms. The van der Waals surface area contributed by atoms with Gasteiger partial charge in [-0.2, -0.15) is 0 Å². The number of aliphatic carboxylic acids is 1. The van der Waals surface area contributed by atoms with E-state index >= 15 is 0 Å². The number of rotatable bonds is 13. The standard InChI is InChI=1S/C15H30N2O4.Li/c1-3-4-5-6-7-8-14(19)16-9-10-17(11-13(2)18)12-15(20)21;/h13,18H,3-12H2,1-2H3,(H,16,19)(H,20,21);/q;+1/p-1. The van der Waals surface area contributed by atoms with Crippen LogP contribution in [0.5, 0.6) is 0 Å². The molecule has 6 nitrogen and oxygen atoms in total. The van der Waals surface area contributed by atoms with Crippen LogP contribution in [0.2, 0.25) is 0 Å². The summed E-state index contributed by atoms with van der Waals surface area (Å²) >= 11 is 0. The summed E-state index contributed by atoms with van der Waals surface area (Å²) in [7, 11) is 0. The molecule has 0 aromatic rings. The molecule has 0 aromatic heterocycles. The minimum atomic E-state index is -0.946. The van der Waals surface area contributed by atoms with Crippen molar-refractivity contribution < 1.29 is 39.0 Å². The zero-order valence-corrected chi connectivity index (χ0v) is 14.3. The van der Waals surface area contributed by atoms with Crippen LogP contribution in [0.1, 0.15) is 52.4 Å². The average molecular weight is 308 g/mol. The Morgan fingerprint density at radius 3 is 2.45 bits per heavy atom. The van der Waals surface area contributed by atoms with Crippen LogP contribution in [-0.2, 0) is 4.79 Å². The molecule has 0 aromatic carbocycles. The van der Waals surface area contributed by atoms with Gasteiger partial charge in [0.05, 0.1) is 19.2 Å². The van der Waals surface area contributed by atoms with Crippen molar-refractivity contribution >= 4 is 11.9 Å². The van der Waals surface area contributed by atoms with E-state index in [0.29, 0.717) is 13.0 Å². The molecule has 1 unspecified atom stereocenters. The molecular weight excluding hydrogens is 279 g/mol. The molecule has 0 aliphatic rings. The molecule has 2 N–H and O–H groups in total. The normalized spacial score (nSPS) is 13.0. The van der Waals surface area contributed by atoms with Gasteiger partial charge in [0.15, 0.2) is 0 Å². The van der Waals surface area contributed by atoms with E-state index in [1.165, 1.54) is 12.8 Å². The number of aliphatic hydroxyl groups excluding tert-OH is 1. The Kier molecular flexibility index (Phi) is 16.6. The van der Waals surface area contributed by atoms with Gasteiger partial charge in [-0.15, -0.1) is 0 Å². The topological polar surface area (TPSA) is 96.2 Å². The second kappa shape index (κ2) is 15.4. The van der Waals surface area contributed by atoms with E-state index in [0.717, 1.165) is 19.3 Å². The van der Waals surface area contributed by atoms with Crippen molar-refractivity contribution in [3.8, 4) is 0 Å². The summed E-state index contributed by atoms with van der Waals surface area (Å²) in [5.74, 6) is -1.06. The second-order valence-electron chi connectivity index (χ2n) is 5.42. The first-order valence-electron chi connectivity index (χ1n) is 7.78. The number of unbranched alkanes of at least 4 members (excludes halogenated alkanes) is 4. The first-order chi connectivity index (χ1) is 9.95. The van der Waals surface area contributed by atoms with Crippen molar-refractivity contribution in [1.29, 1.82) is 0 Å². The van der Waals surface area contributed by atoms with E-state index in [4.69, 9.17) is 5.11 Å². The third-order valence-electron chi connectivity index (χ3n) is 3.08. The summed E-state index contributed by atoms with van der Waals surface area (Å²) in [4.78, 5) is 16.2. The zero-order chi connectivity index (χ0) is 16.1. The van der Waals surface area contributed by atoms with Gasteiger partial charge in [-0.1, -0.05) is 32.6 Å². The van der Waals surface area contributed by atoms with Crippen molar-refractivity contribution in [2.24, 2.45) is 4.99 Å². The Balaban J connectivity index is 0. The Hall–Kier alpha value is -0.543. The Morgan fingerprint density at radius 1 is 1.27 bits per heavy atom. The van der Waals surface area contributed by atoms with Gasteiger partial charge in [-0.25, -0.2) is 0 Å². The number of carboxylic acid groups (broad SMARTS) is 1. The van der Waals surface area contributed by atoms with Crippen LogP contribution in [0.25, 0.3) is 0 Å². The van der Waals surface area contributed by atoms with Crippen LogP contribution in [-0.4, -0.2) is 59.3 Å². The van der Waals surface area contributed by atoms with Crippen LogP contribution in [0.4, 0.5) is 0 Å². The Bertz CT molecular complexity index is 312. The molecular formula is C15H29LiN2O4. The third kappa shape index (κ3) is 15.8. The number of aliphatic hydroxyl groups is 1. The van der Waals surface area contributed by atoms with E-state index in [1.54, 1.807) is 11.8 Å². The molecule has 0 heterocycles. The maximum atomic E-state index is 11.6. The van der Waals surface area contributed by atoms with Crippen molar-refractivity contribution in [2.45, 2.75) is 58.5 Å². The van der Waals surface area contributed by atoms with Crippen LogP contribution in [0.15, 0.2) is 4.99 Å². The molecule has 7 heteroatoms. The molecule has 1 atom stereocenters. The van der Waals surface area contributed by atoms with E-state index in [2.05, 4.69) is 11.9 Å². The average Bonchev–Trinajstić information content (AvgIpc) is 2.37. The quantitative estimate of drug-likeness (QED) is 0.175. The second-order valence-corrected chi connectivity index (χ2v) is 5.42. The van der Waals surface area contributed by atoms with Crippen LogP contribution >= 0.6 is 0 Å². The smallest absolute Gasteiger partial charge is 0.862 e. The summed E-state index contributed by atoms with van der Waals surface area (Å²) in [5, 5.41) is 29.6. The van der Waals surface area contributed by atoms with Gasteiger partial charge in [0, 0.05) is 13.1 Å². The van der Waals surface area contributed by atoms with Crippen LogP contribution in [0.3, 0.4) is 0 Å². The van der Waals surface area contributed by atoms with E-state index in [1.807, 2.05) is 0 Å². The maximum Gasteiger partial charge on any atom is 1.00 e. The van der Waals surface area contributed by atoms with Gasteiger partial charge in [-0.05, 0) is 25.7 Å². The minimum Gasteiger partial charge on any atom is -0.862 e. The number of hydrogen-bond acceptors (Lipinski definition) is 5. The molecule has 0 fully saturated rings. The Labute approximate surface area is 145 Å². The largest absolute Gasteiger partial charge is 1.00 e. The molecule has 0 saturated carbocycles. The molecule has 0 saturated heterocycles. The van der Waals surface area contributed by atoms with E-state index in [-0.39, 0.29) is 44.4 Å². The summed E-state index contributed by atoms with van der Waals surface area (Å²) in [5.41, 5.74) is 0. The third-order valence-corrected chi connectivity index (χ3v) is 3.08. The molecule has 0 rings (SSSR count). The van der Waals surface area contributed by atoms with Crippen LogP contribution < -0.4 is 24.0 Å². The molecule has 0 aliphatic carbocycles. The maximum absolute atomic E-state index is 11.6. The monoisotopic (exact) mass is 308 g/mol. The van der Waals surface area contributed by atoms with E-state index in [9.17, 15) is 15.0 Å². The molecule has 0 bridgehead atoms. The van der Waals surface area contributed by atoms with Gasteiger partial charge in [-0.3, -0.25) is 9.69 Å². The zero-order valence-electron chi connectivity index (χ0n) is 14.3. The number of aliphatic imine (C=N–C) groups is 1. The van der Waals surface area contributed by atoms with E-state index < -0.39 is 12.1 Å². The van der Waals surface area contributed by atoms with Crippen molar-refractivity contribution in [2.75, 3.05) is 26.2 Å². The molecule has 124 valence electrons. The molecule has 22 heavy (non-hydrogen) atoms. The number of hydrogen-bond donors (Lipinski definition) is 2. The predicted octanol–water partition coefficient (Wildman–Crippen LogP) is -2.12. The van der Waals surface area contributed by atoms with Crippen molar-refractivity contribution in [1.82, 2.24) is 4.90 Å². The van der Waals surface area contributed by atoms with Crippen molar-refractivity contribution in [3.63, 3.8) is 0 Å². The fourth-order valence-electron chi connectivity index (χ4n) is 2.07. The SMILES string of the molecule is CCCCCCCC([O-])=NCCN(CC(=O)O)CC(C)O.[Li+]. The molecule has 0 amide bonds. The van der Waals surface area contributed by atoms with Gasteiger partial charge < -0.3 is 20.3 Å². The first kappa shape index (κ1) is 23.7. The Morgan fingerprint density at radius 2 is 1.91 bits per heavy atom.